The van der Waals surface area contributed by atoms with E-state index >= 15 is 0 Å². The first-order valence-electron chi connectivity index (χ1n) is 10.5. The molecule has 0 N–H and O–H groups in total. The number of amides is 1. The number of halogens is 1. The Morgan fingerprint density at radius 3 is 2.50 bits per heavy atom. The molecule has 2 aromatic carbocycles. The lowest BCUT2D eigenvalue weighted by atomic mass is 10.1. The molecule has 0 spiro atoms. The molecule has 1 unspecified atom stereocenters. The van der Waals surface area contributed by atoms with Gasteiger partial charge >= 0.3 is 5.97 Å². The highest BCUT2D eigenvalue weighted by atomic mass is 19.1. The molecule has 166 valence electrons. The van der Waals surface area contributed by atoms with E-state index in [0.29, 0.717) is 35.8 Å². The van der Waals surface area contributed by atoms with Crippen LogP contribution in [0.4, 0.5) is 4.39 Å². The minimum absolute atomic E-state index is 0.198. The zero-order chi connectivity index (χ0) is 22.7. The predicted octanol–water partition coefficient (Wildman–Crippen LogP) is 3.85. The zero-order valence-corrected chi connectivity index (χ0v) is 18.0. The van der Waals surface area contributed by atoms with Crippen LogP contribution < -0.4 is 4.74 Å². The number of esters is 1. The van der Waals surface area contributed by atoms with E-state index in [0.717, 1.165) is 12.8 Å². The van der Waals surface area contributed by atoms with Gasteiger partial charge in [0.1, 0.15) is 22.8 Å². The molecule has 1 saturated heterocycles. The van der Waals surface area contributed by atoms with Gasteiger partial charge in [0.15, 0.2) is 6.10 Å². The lowest BCUT2D eigenvalue weighted by molar-refractivity contribution is -0.138. The van der Waals surface area contributed by atoms with Crippen LogP contribution in [-0.4, -0.2) is 52.9 Å². The molecular weight excluding hydrogens is 413 g/mol. The lowest BCUT2D eigenvalue weighted by Gasteiger charge is -2.20. The zero-order valence-electron chi connectivity index (χ0n) is 18.0. The average Bonchev–Trinajstić information content (AvgIpc) is 3.49. The van der Waals surface area contributed by atoms with E-state index in [9.17, 15) is 14.0 Å². The molecule has 1 fully saturated rings. The SMILES string of the molecule is COc1cccc(-c2nn(-c3ccc(F)cc3)cc2C(=O)OC(C)C(=O)N2CCCC2)c1. The number of methoxy groups -OCH3 is 1. The van der Waals surface area contributed by atoms with Gasteiger partial charge in [-0.05, 0) is 56.2 Å². The number of rotatable bonds is 6. The van der Waals surface area contributed by atoms with Gasteiger partial charge in [-0.1, -0.05) is 12.1 Å². The van der Waals surface area contributed by atoms with Gasteiger partial charge in [-0.2, -0.15) is 5.10 Å². The van der Waals surface area contributed by atoms with Crippen molar-refractivity contribution < 1.29 is 23.5 Å². The van der Waals surface area contributed by atoms with Crippen molar-refractivity contribution >= 4 is 11.9 Å². The number of hydrogen-bond acceptors (Lipinski definition) is 5. The number of benzene rings is 2. The number of carbonyl (C=O) groups is 2. The molecule has 1 aliphatic heterocycles. The monoisotopic (exact) mass is 437 g/mol. The second kappa shape index (κ2) is 9.21. The lowest BCUT2D eigenvalue weighted by Crippen LogP contribution is -2.38. The second-order valence-corrected chi connectivity index (χ2v) is 7.62. The first-order chi connectivity index (χ1) is 15.5. The number of ether oxygens (including phenoxy) is 2. The van der Waals surface area contributed by atoms with Crippen molar-refractivity contribution in [1.29, 1.82) is 0 Å². The first kappa shape index (κ1) is 21.5. The van der Waals surface area contributed by atoms with Crippen LogP contribution in [0.2, 0.25) is 0 Å². The molecule has 0 saturated carbocycles. The number of likely N-dealkylation sites (tertiary alicyclic amines) is 1. The van der Waals surface area contributed by atoms with Crippen LogP contribution >= 0.6 is 0 Å². The normalized spacial score (nSPS) is 14.3. The van der Waals surface area contributed by atoms with Crippen molar-refractivity contribution in [3.8, 4) is 22.7 Å². The van der Waals surface area contributed by atoms with Crippen LogP contribution in [0.15, 0.2) is 54.7 Å². The summed E-state index contributed by atoms with van der Waals surface area (Å²) in [6, 6.07) is 12.9. The molecule has 3 aromatic rings. The molecule has 1 atom stereocenters. The smallest absolute Gasteiger partial charge is 0.342 e. The molecule has 0 aliphatic carbocycles. The van der Waals surface area contributed by atoms with Gasteiger partial charge in [0, 0.05) is 24.8 Å². The Balaban J connectivity index is 1.67. The fraction of sp³-hybridized carbons (Fsp3) is 0.292. The van der Waals surface area contributed by atoms with E-state index in [1.54, 1.807) is 55.3 Å². The number of nitrogens with zero attached hydrogens (tertiary/aromatic N) is 3. The minimum atomic E-state index is -0.909. The molecule has 0 radical (unpaired) electrons. The summed E-state index contributed by atoms with van der Waals surface area (Å²) in [5, 5.41) is 4.55. The number of aromatic nitrogens is 2. The molecule has 8 heteroatoms. The maximum Gasteiger partial charge on any atom is 0.342 e. The van der Waals surface area contributed by atoms with Crippen LogP contribution in [0.1, 0.15) is 30.1 Å². The Kier molecular flexibility index (Phi) is 6.20. The molecular formula is C24H24FN3O4. The standard InChI is InChI=1S/C24H24FN3O4/c1-16(23(29)27-12-3-4-13-27)32-24(30)21-15-28(19-10-8-18(25)9-11-19)26-22(21)17-6-5-7-20(14-17)31-2/h5-11,14-16H,3-4,12-13H2,1-2H3. The predicted molar refractivity (Wildman–Crippen MR) is 116 cm³/mol. The highest BCUT2D eigenvalue weighted by molar-refractivity contribution is 5.97. The first-order valence-corrected chi connectivity index (χ1v) is 10.5. The third kappa shape index (κ3) is 4.49. The van der Waals surface area contributed by atoms with E-state index in [1.165, 1.54) is 23.0 Å². The summed E-state index contributed by atoms with van der Waals surface area (Å²) in [6.45, 7) is 2.94. The van der Waals surface area contributed by atoms with Crippen LogP contribution in [-0.2, 0) is 9.53 Å². The van der Waals surface area contributed by atoms with E-state index in [1.807, 2.05) is 0 Å². The minimum Gasteiger partial charge on any atom is -0.497 e. The maximum absolute atomic E-state index is 13.4. The van der Waals surface area contributed by atoms with Gasteiger partial charge in [-0.25, -0.2) is 13.9 Å². The molecule has 7 nitrogen and oxygen atoms in total. The fourth-order valence-electron chi connectivity index (χ4n) is 3.70. The van der Waals surface area contributed by atoms with Crippen LogP contribution in [0.25, 0.3) is 16.9 Å². The molecule has 1 amide bonds. The molecule has 1 aromatic heterocycles. The Morgan fingerprint density at radius 2 is 1.81 bits per heavy atom. The van der Waals surface area contributed by atoms with Crippen molar-refractivity contribution in [2.24, 2.45) is 0 Å². The van der Waals surface area contributed by atoms with Crippen LogP contribution in [0.5, 0.6) is 5.75 Å². The summed E-state index contributed by atoms with van der Waals surface area (Å²) < 4.78 is 25.7. The summed E-state index contributed by atoms with van der Waals surface area (Å²) in [5.74, 6) is -0.625. The van der Waals surface area contributed by atoms with Crippen molar-refractivity contribution in [3.63, 3.8) is 0 Å². The van der Waals surface area contributed by atoms with E-state index in [4.69, 9.17) is 9.47 Å². The van der Waals surface area contributed by atoms with Crippen LogP contribution in [0, 0.1) is 5.82 Å². The van der Waals surface area contributed by atoms with Gasteiger partial charge in [0.2, 0.25) is 0 Å². The average molecular weight is 437 g/mol. The van der Waals surface area contributed by atoms with Gasteiger partial charge in [-0.15, -0.1) is 0 Å². The second-order valence-electron chi connectivity index (χ2n) is 7.62. The molecule has 32 heavy (non-hydrogen) atoms. The van der Waals surface area contributed by atoms with E-state index < -0.39 is 12.1 Å². The Morgan fingerprint density at radius 1 is 1.09 bits per heavy atom. The van der Waals surface area contributed by atoms with Crippen molar-refractivity contribution in [2.75, 3.05) is 20.2 Å². The summed E-state index contributed by atoms with van der Waals surface area (Å²) in [5.41, 5.74) is 1.80. The third-order valence-electron chi connectivity index (χ3n) is 5.42. The number of hydrogen-bond donors (Lipinski definition) is 0. The third-order valence-corrected chi connectivity index (χ3v) is 5.42. The fourth-order valence-corrected chi connectivity index (χ4v) is 3.70. The topological polar surface area (TPSA) is 73.7 Å². The van der Waals surface area contributed by atoms with Crippen molar-refractivity contribution in [3.05, 3.63) is 66.1 Å². The summed E-state index contributed by atoms with van der Waals surface area (Å²) in [7, 11) is 1.55. The molecule has 2 heterocycles. The quantitative estimate of drug-likeness (QED) is 0.548. The number of carbonyl (C=O) groups excluding carboxylic acids is 2. The maximum atomic E-state index is 13.4. The van der Waals surface area contributed by atoms with Crippen molar-refractivity contribution in [2.45, 2.75) is 25.9 Å². The molecule has 0 bridgehead atoms. The van der Waals surface area contributed by atoms with E-state index in [2.05, 4.69) is 5.10 Å². The highest BCUT2D eigenvalue weighted by Gasteiger charge is 2.28. The van der Waals surface area contributed by atoms with E-state index in [-0.39, 0.29) is 17.3 Å². The highest BCUT2D eigenvalue weighted by Crippen LogP contribution is 2.28. The van der Waals surface area contributed by atoms with Crippen LogP contribution in [0.3, 0.4) is 0 Å². The van der Waals surface area contributed by atoms with Gasteiger partial charge < -0.3 is 14.4 Å². The summed E-state index contributed by atoms with van der Waals surface area (Å²) in [6.07, 6.45) is 2.53. The Hall–Kier alpha value is -3.68. The Bertz CT molecular complexity index is 1120. The Labute approximate surface area is 185 Å². The van der Waals surface area contributed by atoms with Gasteiger partial charge in [0.25, 0.3) is 5.91 Å². The van der Waals surface area contributed by atoms with Gasteiger partial charge in [0.05, 0.1) is 12.8 Å². The van der Waals surface area contributed by atoms with Gasteiger partial charge in [-0.3, -0.25) is 4.79 Å². The summed E-state index contributed by atoms with van der Waals surface area (Å²) >= 11 is 0. The molecule has 4 rings (SSSR count). The summed E-state index contributed by atoms with van der Waals surface area (Å²) in [4.78, 5) is 27.4. The molecule has 1 aliphatic rings. The largest absolute Gasteiger partial charge is 0.497 e. The van der Waals surface area contributed by atoms with Crippen molar-refractivity contribution in [1.82, 2.24) is 14.7 Å².